The highest BCUT2D eigenvalue weighted by Gasteiger charge is 2.42. The van der Waals surface area contributed by atoms with Crippen molar-refractivity contribution in [3.8, 4) is 5.69 Å². The Morgan fingerprint density at radius 3 is 2.55 bits per heavy atom. The van der Waals surface area contributed by atoms with E-state index in [0.29, 0.717) is 16.5 Å². The zero-order valence-corrected chi connectivity index (χ0v) is 22.2. The second kappa shape index (κ2) is 9.92. The highest BCUT2D eigenvalue weighted by molar-refractivity contribution is 7.92. The molecule has 9 nitrogen and oxygen atoms in total. The monoisotopic (exact) mass is 547 g/mol. The largest absolute Gasteiger partial charge is 0.478 e. The van der Waals surface area contributed by atoms with E-state index < -0.39 is 16.0 Å². The number of nitrogens with zero attached hydrogens (tertiary/aromatic N) is 3. The van der Waals surface area contributed by atoms with Gasteiger partial charge in [0.1, 0.15) is 6.04 Å². The van der Waals surface area contributed by atoms with Crippen molar-refractivity contribution in [3.63, 3.8) is 0 Å². The van der Waals surface area contributed by atoms with Crippen molar-refractivity contribution in [1.29, 1.82) is 0 Å². The summed E-state index contributed by atoms with van der Waals surface area (Å²) in [7, 11) is -3.43. The van der Waals surface area contributed by atoms with Gasteiger partial charge in [-0.25, -0.2) is 13.2 Å². The molecule has 0 saturated carbocycles. The number of hydrogen-bond donors (Lipinski definition) is 3. The summed E-state index contributed by atoms with van der Waals surface area (Å²) in [6, 6.07) is 21.1. The molecule has 3 N–H and O–H groups in total. The number of hydrogen-bond acceptors (Lipinski definition) is 5. The van der Waals surface area contributed by atoms with Crippen LogP contribution in [0, 0.1) is 6.92 Å². The van der Waals surface area contributed by atoms with Crippen LogP contribution < -0.4 is 14.9 Å². The molecule has 1 aliphatic heterocycles. The Morgan fingerprint density at radius 2 is 1.87 bits per heavy atom. The molecule has 3 heterocycles. The zero-order valence-electron chi connectivity index (χ0n) is 20.6. The Balaban J connectivity index is 1.64. The van der Waals surface area contributed by atoms with E-state index in [-0.39, 0.29) is 17.6 Å². The average molecular weight is 548 g/mol. The number of carboxylic acids is 1. The van der Waals surface area contributed by atoms with Gasteiger partial charge in [-0.3, -0.25) is 9.71 Å². The van der Waals surface area contributed by atoms with Crippen LogP contribution in [0.5, 0.6) is 0 Å². The number of aromatic nitrogens is 2. The van der Waals surface area contributed by atoms with Crippen LogP contribution >= 0.6 is 12.2 Å². The third-order valence-electron chi connectivity index (χ3n) is 6.34. The van der Waals surface area contributed by atoms with Crippen LogP contribution in [-0.4, -0.2) is 40.4 Å². The topological polar surface area (TPSA) is 117 Å². The first-order valence-corrected chi connectivity index (χ1v) is 14.0. The minimum Gasteiger partial charge on any atom is -0.478 e. The quantitative estimate of drug-likeness (QED) is 0.291. The SMILES string of the molecule is Cc1cc(N2C(=S)NC(c3ccccn3)C2c2cccn2-c2cccc(C(=O)O)c2)ccc1NS(C)(=O)=O. The Kier molecular flexibility index (Phi) is 6.64. The van der Waals surface area contributed by atoms with E-state index in [9.17, 15) is 18.3 Å². The summed E-state index contributed by atoms with van der Waals surface area (Å²) < 4.78 is 28.1. The Morgan fingerprint density at radius 1 is 1.05 bits per heavy atom. The number of carbonyl (C=O) groups is 1. The van der Waals surface area contributed by atoms with E-state index >= 15 is 0 Å². The predicted molar refractivity (Wildman–Crippen MR) is 150 cm³/mol. The molecule has 4 aromatic rings. The van der Waals surface area contributed by atoms with Crippen molar-refractivity contribution in [1.82, 2.24) is 14.9 Å². The molecule has 1 aliphatic rings. The van der Waals surface area contributed by atoms with Gasteiger partial charge in [0.15, 0.2) is 5.11 Å². The standard InChI is InChI=1S/C27H25N5O4S2/c1-17-15-20(11-12-21(17)30-38(2,35)36)32-25(24(29-27(32)37)22-9-3-4-13-28-22)23-10-6-14-31(23)19-8-5-7-18(16-19)26(33)34/h3-16,24-25,30H,1-2H3,(H,29,37)(H,33,34). The maximum atomic E-state index is 11.8. The van der Waals surface area contributed by atoms with Crippen LogP contribution in [0.3, 0.4) is 0 Å². The first-order chi connectivity index (χ1) is 18.1. The first kappa shape index (κ1) is 25.4. The Bertz CT molecular complexity index is 1640. The molecule has 2 aromatic heterocycles. The molecule has 0 amide bonds. The van der Waals surface area contributed by atoms with Gasteiger partial charge >= 0.3 is 5.97 Å². The van der Waals surface area contributed by atoms with Crippen LogP contribution in [0.15, 0.2) is 85.2 Å². The summed E-state index contributed by atoms with van der Waals surface area (Å²) in [6.07, 6.45) is 4.72. The molecule has 5 rings (SSSR count). The number of aryl methyl sites for hydroxylation is 1. The number of anilines is 2. The third kappa shape index (κ3) is 4.98. The number of nitrogens with one attached hydrogen (secondary N) is 2. The molecule has 0 bridgehead atoms. The van der Waals surface area contributed by atoms with Gasteiger partial charge < -0.3 is 19.9 Å². The lowest BCUT2D eigenvalue weighted by molar-refractivity contribution is 0.0697. The second-order valence-corrected chi connectivity index (χ2v) is 11.2. The molecule has 194 valence electrons. The van der Waals surface area contributed by atoms with Crippen molar-refractivity contribution in [3.05, 3.63) is 108 Å². The molecular weight excluding hydrogens is 522 g/mol. The van der Waals surface area contributed by atoms with Crippen molar-refractivity contribution in [2.24, 2.45) is 0 Å². The molecule has 11 heteroatoms. The molecule has 1 fully saturated rings. The minimum absolute atomic E-state index is 0.185. The first-order valence-electron chi connectivity index (χ1n) is 11.7. The summed E-state index contributed by atoms with van der Waals surface area (Å²) in [5, 5.41) is 13.4. The van der Waals surface area contributed by atoms with E-state index in [4.69, 9.17) is 12.2 Å². The number of benzene rings is 2. The molecule has 2 unspecified atom stereocenters. The van der Waals surface area contributed by atoms with Crippen LogP contribution in [0.4, 0.5) is 11.4 Å². The van der Waals surface area contributed by atoms with Gasteiger partial charge in [0, 0.05) is 29.5 Å². The van der Waals surface area contributed by atoms with Gasteiger partial charge in [-0.05, 0) is 85.4 Å². The molecule has 1 saturated heterocycles. The van der Waals surface area contributed by atoms with E-state index in [0.717, 1.165) is 28.9 Å². The normalized spacial score (nSPS) is 17.3. The molecule has 0 radical (unpaired) electrons. The second-order valence-electron chi connectivity index (χ2n) is 9.03. The average Bonchev–Trinajstić information content (AvgIpc) is 3.49. The van der Waals surface area contributed by atoms with Gasteiger partial charge in [0.25, 0.3) is 0 Å². The van der Waals surface area contributed by atoms with Gasteiger partial charge in [0.05, 0.1) is 29.2 Å². The Labute approximate surface area is 225 Å². The molecule has 0 spiro atoms. The van der Waals surface area contributed by atoms with E-state index in [1.54, 1.807) is 30.5 Å². The van der Waals surface area contributed by atoms with Crippen molar-refractivity contribution >= 4 is 44.7 Å². The number of carboxylic acid groups (broad SMARTS) is 1. The highest BCUT2D eigenvalue weighted by Crippen LogP contribution is 2.43. The lowest BCUT2D eigenvalue weighted by atomic mass is 10.00. The lowest BCUT2D eigenvalue weighted by Gasteiger charge is -2.29. The van der Waals surface area contributed by atoms with Crippen molar-refractivity contribution in [2.45, 2.75) is 19.0 Å². The molecular formula is C27H25N5O4S2. The highest BCUT2D eigenvalue weighted by atomic mass is 32.2. The van der Waals surface area contributed by atoms with Gasteiger partial charge in [-0.1, -0.05) is 12.1 Å². The molecule has 2 atom stereocenters. The molecule has 2 aromatic carbocycles. The van der Waals surface area contributed by atoms with Gasteiger partial charge in [-0.2, -0.15) is 0 Å². The fourth-order valence-corrected chi connectivity index (χ4v) is 5.68. The minimum atomic E-state index is -3.43. The van der Waals surface area contributed by atoms with Gasteiger partial charge in [0.2, 0.25) is 10.0 Å². The number of rotatable bonds is 7. The zero-order chi connectivity index (χ0) is 27.0. The fourth-order valence-electron chi connectivity index (χ4n) is 4.70. The molecule has 0 aliphatic carbocycles. The maximum Gasteiger partial charge on any atom is 0.335 e. The summed E-state index contributed by atoms with van der Waals surface area (Å²) in [5.74, 6) is -1.00. The summed E-state index contributed by atoms with van der Waals surface area (Å²) in [6.45, 7) is 1.83. The van der Waals surface area contributed by atoms with E-state index in [1.165, 1.54) is 0 Å². The number of sulfonamides is 1. The third-order valence-corrected chi connectivity index (χ3v) is 7.24. The fraction of sp³-hybridized carbons (Fsp3) is 0.148. The van der Waals surface area contributed by atoms with Crippen LogP contribution in [0.1, 0.15) is 39.4 Å². The summed E-state index contributed by atoms with van der Waals surface area (Å²) in [4.78, 5) is 18.2. The Hall–Kier alpha value is -4.22. The number of aromatic carboxylic acids is 1. The summed E-state index contributed by atoms with van der Waals surface area (Å²) >= 11 is 5.82. The number of thiocarbonyl (C=S) groups is 1. The lowest BCUT2D eigenvalue weighted by Crippen LogP contribution is -2.30. The van der Waals surface area contributed by atoms with Crippen LogP contribution in [0.25, 0.3) is 5.69 Å². The van der Waals surface area contributed by atoms with Crippen LogP contribution in [0.2, 0.25) is 0 Å². The van der Waals surface area contributed by atoms with Gasteiger partial charge in [-0.15, -0.1) is 0 Å². The van der Waals surface area contributed by atoms with E-state index in [2.05, 4.69) is 15.0 Å². The smallest absolute Gasteiger partial charge is 0.335 e. The van der Waals surface area contributed by atoms with Crippen LogP contribution in [-0.2, 0) is 10.0 Å². The van der Waals surface area contributed by atoms with E-state index in [1.807, 2.05) is 71.1 Å². The maximum absolute atomic E-state index is 11.8. The van der Waals surface area contributed by atoms with Crippen molar-refractivity contribution in [2.75, 3.05) is 15.9 Å². The summed E-state index contributed by atoms with van der Waals surface area (Å²) in [5.41, 5.74) is 4.54. The predicted octanol–water partition coefficient (Wildman–Crippen LogP) is 4.43. The van der Waals surface area contributed by atoms with Crippen molar-refractivity contribution < 1.29 is 18.3 Å². The number of pyridine rings is 1. The molecule has 38 heavy (non-hydrogen) atoms.